The van der Waals surface area contributed by atoms with Crippen LogP contribution < -0.4 is 15.6 Å². The number of pyridine rings is 1. The fourth-order valence-electron chi connectivity index (χ4n) is 4.25. The minimum Gasteiger partial charge on any atom is -0.506 e. The number of sulfonamides is 1. The van der Waals surface area contributed by atoms with Crippen molar-refractivity contribution in [1.82, 2.24) is 4.57 Å². The van der Waals surface area contributed by atoms with Gasteiger partial charge in [-0.05, 0) is 48.4 Å². The molecule has 0 amide bonds. The summed E-state index contributed by atoms with van der Waals surface area (Å²) in [6.07, 6.45) is 1.60. The first-order valence-electron chi connectivity index (χ1n) is 11.3. The summed E-state index contributed by atoms with van der Waals surface area (Å²) in [5, 5.41) is 15.3. The molecule has 1 aliphatic rings. The van der Waals surface area contributed by atoms with E-state index in [1.807, 2.05) is 6.92 Å². The van der Waals surface area contributed by atoms with E-state index in [0.717, 1.165) is 16.5 Å². The molecule has 3 heterocycles. The van der Waals surface area contributed by atoms with Gasteiger partial charge in [-0.25, -0.2) is 21.2 Å². The number of aromatic nitrogens is 1. The minimum absolute atomic E-state index is 0.0600. The van der Waals surface area contributed by atoms with E-state index in [-0.39, 0.29) is 39.8 Å². The Bertz CT molecular complexity index is 1910. The molecule has 5 rings (SSSR count). The Morgan fingerprint density at radius 1 is 1.13 bits per heavy atom. The zero-order valence-electron chi connectivity index (χ0n) is 20.1. The number of anilines is 2. The molecular weight excluding hydrogens is 553 g/mol. The minimum atomic E-state index is -4.14. The van der Waals surface area contributed by atoms with Crippen LogP contribution >= 0.6 is 11.3 Å². The average molecular weight is 576 g/mol. The van der Waals surface area contributed by atoms with Crippen LogP contribution in [0.1, 0.15) is 22.9 Å². The van der Waals surface area contributed by atoms with Crippen molar-refractivity contribution in [3.8, 4) is 5.75 Å². The van der Waals surface area contributed by atoms with Crippen molar-refractivity contribution >= 4 is 58.5 Å². The van der Waals surface area contributed by atoms with Crippen LogP contribution in [0.2, 0.25) is 0 Å². The van der Waals surface area contributed by atoms with Crippen LogP contribution in [0.5, 0.6) is 5.75 Å². The van der Waals surface area contributed by atoms with Crippen LogP contribution in [0.25, 0.3) is 15.9 Å². The molecule has 0 atom stereocenters. The van der Waals surface area contributed by atoms with E-state index in [2.05, 4.69) is 10.0 Å². The molecule has 3 N–H and O–H groups in total. The number of thiophene rings is 1. The number of rotatable bonds is 6. The van der Waals surface area contributed by atoms with Gasteiger partial charge in [0, 0.05) is 10.6 Å². The Labute approximate surface area is 221 Å². The number of nitrogens with zero attached hydrogens (tertiary/aromatic N) is 1. The maximum atomic E-state index is 13.8. The quantitative estimate of drug-likeness (QED) is 0.315. The van der Waals surface area contributed by atoms with Gasteiger partial charge in [-0.1, -0.05) is 19.1 Å². The van der Waals surface area contributed by atoms with Gasteiger partial charge in [0.15, 0.2) is 0 Å². The molecule has 2 aromatic heterocycles. The van der Waals surface area contributed by atoms with Crippen LogP contribution in [0.4, 0.5) is 15.8 Å². The lowest BCUT2D eigenvalue weighted by molar-refractivity contribution is 0.477. The van der Waals surface area contributed by atoms with E-state index in [4.69, 9.17) is 0 Å². The summed E-state index contributed by atoms with van der Waals surface area (Å²) in [6, 6.07) is 11.4. The SMILES string of the molecule is CCc1cc2c(O)c(C3=CS(=O)(=O)c4cc(NS(C)(=O)=O)ccc4N3)c(=O)n(Cc3ccc(F)cc3)c2s1. The molecule has 0 unspecified atom stereocenters. The van der Waals surface area contributed by atoms with E-state index in [1.54, 1.807) is 18.2 Å². The Kier molecular flexibility index (Phi) is 6.32. The largest absolute Gasteiger partial charge is 0.506 e. The Hall–Kier alpha value is -3.68. The number of hydrogen-bond acceptors (Lipinski definition) is 8. The molecule has 0 aliphatic carbocycles. The number of sulfone groups is 1. The van der Waals surface area contributed by atoms with Crippen molar-refractivity contribution in [1.29, 1.82) is 0 Å². The molecule has 0 saturated heterocycles. The molecule has 2 aromatic carbocycles. The fourth-order valence-corrected chi connectivity index (χ4v) is 7.23. The van der Waals surface area contributed by atoms with Crippen molar-refractivity contribution in [3.05, 3.63) is 86.1 Å². The second-order valence-electron chi connectivity index (χ2n) is 8.81. The lowest BCUT2D eigenvalue weighted by Crippen LogP contribution is -2.26. The molecule has 38 heavy (non-hydrogen) atoms. The molecule has 13 heteroatoms. The van der Waals surface area contributed by atoms with Crippen molar-refractivity contribution < 1.29 is 26.3 Å². The summed E-state index contributed by atoms with van der Waals surface area (Å²) in [5.41, 5.74) is -0.158. The summed E-state index contributed by atoms with van der Waals surface area (Å²) >= 11 is 1.34. The van der Waals surface area contributed by atoms with Gasteiger partial charge in [-0.3, -0.25) is 14.1 Å². The summed E-state index contributed by atoms with van der Waals surface area (Å²) in [4.78, 5) is 15.0. The summed E-state index contributed by atoms with van der Waals surface area (Å²) in [5.74, 6) is -0.776. The molecule has 0 radical (unpaired) electrons. The van der Waals surface area contributed by atoms with E-state index >= 15 is 0 Å². The Morgan fingerprint density at radius 2 is 1.84 bits per heavy atom. The highest BCUT2D eigenvalue weighted by molar-refractivity contribution is 7.94. The van der Waals surface area contributed by atoms with Crippen LogP contribution in [0, 0.1) is 5.82 Å². The smallest absolute Gasteiger partial charge is 0.265 e. The predicted octanol–water partition coefficient (Wildman–Crippen LogP) is 4.09. The molecular formula is C25H22FN3O6S3. The Morgan fingerprint density at radius 3 is 2.50 bits per heavy atom. The third-order valence-corrected chi connectivity index (χ3v) is 9.37. The van der Waals surface area contributed by atoms with E-state index < -0.39 is 31.2 Å². The number of nitrogens with one attached hydrogen (secondary N) is 2. The first-order valence-corrected chi connectivity index (χ1v) is 15.6. The highest BCUT2D eigenvalue weighted by atomic mass is 32.2. The van der Waals surface area contributed by atoms with Crippen LogP contribution in [0.3, 0.4) is 0 Å². The van der Waals surface area contributed by atoms with Gasteiger partial charge >= 0.3 is 0 Å². The number of halogens is 1. The van der Waals surface area contributed by atoms with E-state index in [0.29, 0.717) is 22.2 Å². The Balaban J connectivity index is 1.68. The van der Waals surface area contributed by atoms with Gasteiger partial charge in [0.25, 0.3) is 5.56 Å². The topological polar surface area (TPSA) is 135 Å². The molecule has 9 nitrogen and oxygen atoms in total. The second-order valence-corrected chi connectivity index (χ2v) is 13.4. The third-order valence-electron chi connectivity index (χ3n) is 5.97. The van der Waals surface area contributed by atoms with Gasteiger partial charge < -0.3 is 10.4 Å². The number of aryl methyl sites for hydroxylation is 1. The number of aromatic hydroxyl groups is 1. The molecule has 0 spiro atoms. The lowest BCUT2D eigenvalue weighted by Gasteiger charge is -2.22. The number of fused-ring (bicyclic) bond motifs is 2. The van der Waals surface area contributed by atoms with Crippen molar-refractivity contribution in [2.24, 2.45) is 0 Å². The summed E-state index contributed by atoms with van der Waals surface area (Å²) in [7, 11) is -7.78. The average Bonchev–Trinajstić information content (AvgIpc) is 3.27. The highest BCUT2D eigenvalue weighted by Crippen LogP contribution is 2.40. The summed E-state index contributed by atoms with van der Waals surface area (Å²) < 4.78 is 66.7. The van der Waals surface area contributed by atoms with Crippen molar-refractivity contribution in [3.63, 3.8) is 0 Å². The van der Waals surface area contributed by atoms with Gasteiger partial charge in [-0.15, -0.1) is 11.3 Å². The monoisotopic (exact) mass is 575 g/mol. The summed E-state index contributed by atoms with van der Waals surface area (Å²) in [6.45, 7) is 2.01. The van der Waals surface area contributed by atoms with Crippen LogP contribution in [0.15, 0.2) is 63.6 Å². The normalized spacial score (nSPS) is 14.6. The molecule has 0 saturated carbocycles. The predicted molar refractivity (Wildman–Crippen MR) is 146 cm³/mol. The lowest BCUT2D eigenvalue weighted by atomic mass is 10.1. The zero-order chi connectivity index (χ0) is 27.4. The van der Waals surface area contributed by atoms with Gasteiger partial charge in [0.2, 0.25) is 19.9 Å². The maximum absolute atomic E-state index is 13.8. The standard InChI is InChI=1S/C25H22FN3O6S3/c1-3-17-11-18-23(30)22(24(31)29(25(18)36-17)12-14-4-6-15(26)7-5-14)20-13-38(34,35)21-10-16(28-37(2,32)33)8-9-19(21)27-20/h4-11,13,27-28,30H,3,12H2,1-2H3. The molecule has 1 aliphatic heterocycles. The fraction of sp³-hybridized carbons (Fsp3) is 0.160. The number of hydrogen-bond donors (Lipinski definition) is 3. The van der Waals surface area contributed by atoms with Gasteiger partial charge in [-0.2, -0.15) is 0 Å². The van der Waals surface area contributed by atoms with Crippen molar-refractivity contribution in [2.75, 3.05) is 16.3 Å². The zero-order valence-corrected chi connectivity index (χ0v) is 22.6. The van der Waals surface area contributed by atoms with Gasteiger partial charge in [0.1, 0.15) is 22.0 Å². The number of benzene rings is 2. The first kappa shape index (κ1) is 25.9. The maximum Gasteiger partial charge on any atom is 0.265 e. The van der Waals surface area contributed by atoms with Gasteiger partial charge in [0.05, 0.1) is 39.9 Å². The van der Waals surface area contributed by atoms with Crippen molar-refractivity contribution in [2.45, 2.75) is 24.8 Å². The van der Waals surface area contributed by atoms with Crippen LogP contribution in [-0.4, -0.2) is 32.8 Å². The molecule has 4 aromatic rings. The van der Waals surface area contributed by atoms with E-state index in [9.17, 15) is 31.1 Å². The molecule has 0 fully saturated rings. The van der Waals surface area contributed by atoms with Crippen LogP contribution in [-0.2, 0) is 32.8 Å². The third kappa shape index (κ3) is 4.79. The molecule has 198 valence electrons. The van der Waals surface area contributed by atoms with E-state index in [1.165, 1.54) is 46.2 Å². The first-order chi connectivity index (χ1) is 17.9. The molecule has 0 bridgehead atoms. The highest BCUT2D eigenvalue weighted by Gasteiger charge is 2.29. The second kappa shape index (κ2) is 9.26.